The Morgan fingerprint density at radius 1 is 1.00 bits per heavy atom. The van der Waals surface area contributed by atoms with E-state index in [0.29, 0.717) is 6.10 Å². The fourth-order valence-corrected chi connectivity index (χ4v) is 3.72. The molecule has 98 valence electrons. The lowest BCUT2D eigenvalue weighted by molar-refractivity contribution is -0.0685. The predicted molar refractivity (Wildman–Crippen MR) is 69.2 cm³/mol. The molecule has 0 radical (unpaired) electrons. The zero-order valence-electron chi connectivity index (χ0n) is 11.1. The Labute approximate surface area is 105 Å². The zero-order valence-corrected chi connectivity index (χ0v) is 11.1. The summed E-state index contributed by atoms with van der Waals surface area (Å²) in [5.74, 6) is 0. The lowest BCUT2D eigenvalue weighted by Crippen LogP contribution is -2.60. The van der Waals surface area contributed by atoms with E-state index < -0.39 is 0 Å². The summed E-state index contributed by atoms with van der Waals surface area (Å²) in [7, 11) is 0. The van der Waals surface area contributed by atoms with Crippen LogP contribution in [0.4, 0.5) is 0 Å². The van der Waals surface area contributed by atoms with E-state index in [1.165, 1.54) is 58.3 Å². The number of piperazine rings is 1. The van der Waals surface area contributed by atoms with Gasteiger partial charge in [-0.05, 0) is 39.2 Å². The molecule has 0 aromatic carbocycles. The summed E-state index contributed by atoms with van der Waals surface area (Å²) >= 11 is 0. The monoisotopic (exact) mass is 238 g/mol. The quantitative estimate of drug-likeness (QED) is 0.744. The van der Waals surface area contributed by atoms with E-state index in [0.717, 1.165) is 18.7 Å². The van der Waals surface area contributed by atoms with Gasteiger partial charge in [0.25, 0.3) is 0 Å². The van der Waals surface area contributed by atoms with Crippen LogP contribution in [0, 0.1) is 0 Å². The second-order valence-corrected chi connectivity index (χ2v) is 5.88. The Hall–Kier alpha value is -0.120. The van der Waals surface area contributed by atoms with Gasteiger partial charge in [0.1, 0.15) is 0 Å². The molecule has 0 spiro atoms. The van der Waals surface area contributed by atoms with Gasteiger partial charge >= 0.3 is 0 Å². The minimum absolute atomic E-state index is 0.564. The predicted octanol–water partition coefficient (Wildman–Crippen LogP) is 1.72. The molecule has 17 heavy (non-hydrogen) atoms. The third-order valence-corrected chi connectivity index (χ3v) is 4.86. The Kier molecular flexibility index (Phi) is 3.69. The van der Waals surface area contributed by atoms with Crippen LogP contribution in [0.25, 0.3) is 0 Å². The molecule has 0 amide bonds. The van der Waals surface area contributed by atoms with Crippen LogP contribution in [-0.4, -0.2) is 60.8 Å². The van der Waals surface area contributed by atoms with Gasteiger partial charge in [-0.15, -0.1) is 0 Å². The molecule has 3 nitrogen and oxygen atoms in total. The molecular weight excluding hydrogens is 212 g/mol. The molecule has 1 atom stereocenters. The van der Waals surface area contributed by atoms with Gasteiger partial charge in [0.15, 0.2) is 0 Å². The van der Waals surface area contributed by atoms with E-state index in [9.17, 15) is 0 Å². The number of hydrogen-bond donors (Lipinski definition) is 0. The van der Waals surface area contributed by atoms with Crippen LogP contribution >= 0.6 is 0 Å². The molecule has 2 saturated heterocycles. The van der Waals surface area contributed by atoms with Gasteiger partial charge in [0.05, 0.1) is 6.10 Å². The van der Waals surface area contributed by atoms with E-state index in [1.807, 2.05) is 0 Å². The fraction of sp³-hybridized carbons (Fsp3) is 1.00. The van der Waals surface area contributed by atoms with E-state index in [1.54, 1.807) is 0 Å². The molecular formula is C14H26N2O. The summed E-state index contributed by atoms with van der Waals surface area (Å²) in [6.45, 7) is 8.26. The van der Waals surface area contributed by atoms with Gasteiger partial charge in [-0.25, -0.2) is 0 Å². The summed E-state index contributed by atoms with van der Waals surface area (Å²) < 4.78 is 5.67. The average molecular weight is 238 g/mol. The second kappa shape index (κ2) is 5.25. The van der Waals surface area contributed by atoms with Crippen molar-refractivity contribution < 1.29 is 4.74 Å². The Morgan fingerprint density at radius 3 is 2.65 bits per heavy atom. The van der Waals surface area contributed by atoms with Gasteiger partial charge < -0.3 is 4.74 Å². The first-order valence-electron chi connectivity index (χ1n) is 7.46. The van der Waals surface area contributed by atoms with Crippen LogP contribution < -0.4 is 0 Å². The number of hydrogen-bond acceptors (Lipinski definition) is 3. The van der Waals surface area contributed by atoms with Crippen molar-refractivity contribution in [2.24, 2.45) is 0 Å². The van der Waals surface area contributed by atoms with E-state index in [4.69, 9.17) is 4.74 Å². The first-order chi connectivity index (χ1) is 8.36. The maximum Gasteiger partial charge on any atom is 0.0604 e. The summed E-state index contributed by atoms with van der Waals surface area (Å²) in [5, 5.41) is 0. The molecule has 3 fully saturated rings. The van der Waals surface area contributed by atoms with Crippen molar-refractivity contribution >= 4 is 0 Å². The minimum Gasteiger partial charge on any atom is -0.378 e. The Balaban J connectivity index is 1.47. The average Bonchev–Trinajstić information content (AvgIpc) is 2.33. The van der Waals surface area contributed by atoms with Crippen LogP contribution in [0.2, 0.25) is 0 Å². The van der Waals surface area contributed by atoms with E-state index >= 15 is 0 Å². The summed E-state index contributed by atoms with van der Waals surface area (Å²) in [6, 6.07) is 1.69. The van der Waals surface area contributed by atoms with Crippen LogP contribution in [0.1, 0.15) is 39.0 Å². The third kappa shape index (κ3) is 2.51. The highest BCUT2D eigenvalue weighted by Crippen LogP contribution is 2.31. The Bertz CT molecular complexity index is 253. The van der Waals surface area contributed by atoms with Crippen molar-refractivity contribution in [1.29, 1.82) is 0 Å². The third-order valence-electron chi connectivity index (χ3n) is 4.86. The number of fused-ring (bicyclic) bond motifs is 1. The van der Waals surface area contributed by atoms with Crippen molar-refractivity contribution in [2.45, 2.75) is 57.2 Å². The van der Waals surface area contributed by atoms with E-state index in [2.05, 4.69) is 16.7 Å². The molecule has 1 saturated carbocycles. The van der Waals surface area contributed by atoms with Crippen LogP contribution in [0.3, 0.4) is 0 Å². The molecule has 3 heteroatoms. The fourth-order valence-electron chi connectivity index (χ4n) is 3.72. The highest BCUT2D eigenvalue weighted by Gasteiger charge is 2.38. The van der Waals surface area contributed by atoms with Crippen LogP contribution in [-0.2, 0) is 4.74 Å². The SMILES string of the molecule is CCOC1CC(N2CCN3CCCCC3C2)C1. The maximum absolute atomic E-state index is 5.67. The number of piperidine rings is 1. The van der Waals surface area contributed by atoms with Crippen molar-refractivity contribution in [3.05, 3.63) is 0 Å². The Morgan fingerprint density at radius 2 is 1.82 bits per heavy atom. The summed E-state index contributed by atoms with van der Waals surface area (Å²) in [4.78, 5) is 5.46. The maximum atomic E-state index is 5.67. The van der Waals surface area contributed by atoms with Gasteiger partial charge in [-0.3, -0.25) is 9.80 Å². The standard InChI is InChI=1S/C14H26N2O/c1-2-17-14-9-13(10-14)16-8-7-15-6-4-3-5-12(15)11-16/h12-14H,2-11H2,1H3. The lowest BCUT2D eigenvalue weighted by Gasteiger charge is -2.50. The van der Waals surface area contributed by atoms with Crippen molar-refractivity contribution in [3.8, 4) is 0 Å². The molecule has 0 aromatic rings. The topological polar surface area (TPSA) is 15.7 Å². The van der Waals surface area contributed by atoms with E-state index in [-0.39, 0.29) is 0 Å². The largest absolute Gasteiger partial charge is 0.378 e. The molecule has 0 aromatic heterocycles. The molecule has 3 aliphatic rings. The van der Waals surface area contributed by atoms with Crippen molar-refractivity contribution in [2.75, 3.05) is 32.8 Å². The first kappa shape index (κ1) is 11.9. The molecule has 1 aliphatic carbocycles. The molecule has 2 aliphatic heterocycles. The van der Waals surface area contributed by atoms with Gasteiger partial charge in [-0.1, -0.05) is 6.42 Å². The highest BCUT2D eigenvalue weighted by molar-refractivity contribution is 4.93. The normalized spacial score (nSPS) is 39.7. The number of ether oxygens (including phenoxy) is 1. The van der Waals surface area contributed by atoms with Crippen molar-refractivity contribution in [1.82, 2.24) is 9.80 Å². The lowest BCUT2D eigenvalue weighted by atomic mass is 9.86. The molecule has 0 N–H and O–H groups in total. The molecule has 0 bridgehead atoms. The van der Waals surface area contributed by atoms with Crippen LogP contribution in [0.5, 0.6) is 0 Å². The van der Waals surface area contributed by atoms with Crippen molar-refractivity contribution in [3.63, 3.8) is 0 Å². The highest BCUT2D eigenvalue weighted by atomic mass is 16.5. The molecule has 1 unspecified atom stereocenters. The first-order valence-corrected chi connectivity index (χ1v) is 7.46. The van der Waals surface area contributed by atoms with Gasteiger partial charge in [0, 0.05) is 38.3 Å². The zero-order chi connectivity index (χ0) is 11.7. The number of nitrogens with zero attached hydrogens (tertiary/aromatic N) is 2. The second-order valence-electron chi connectivity index (χ2n) is 5.88. The number of rotatable bonds is 3. The van der Waals surface area contributed by atoms with Crippen LogP contribution in [0.15, 0.2) is 0 Å². The molecule has 2 heterocycles. The van der Waals surface area contributed by atoms with Gasteiger partial charge in [-0.2, -0.15) is 0 Å². The molecule has 3 rings (SSSR count). The smallest absolute Gasteiger partial charge is 0.0604 e. The minimum atomic E-state index is 0.564. The summed E-state index contributed by atoms with van der Waals surface area (Å²) in [5.41, 5.74) is 0. The summed E-state index contributed by atoms with van der Waals surface area (Å²) in [6.07, 6.45) is 7.42. The van der Waals surface area contributed by atoms with Gasteiger partial charge in [0.2, 0.25) is 0 Å².